The van der Waals surface area contributed by atoms with Crippen LogP contribution in [0.1, 0.15) is 28.4 Å². The van der Waals surface area contributed by atoms with Crippen molar-refractivity contribution in [1.82, 2.24) is 0 Å². The Bertz CT molecular complexity index is 1460. The van der Waals surface area contributed by atoms with Crippen molar-refractivity contribution < 1.29 is 17.9 Å². The van der Waals surface area contributed by atoms with Crippen molar-refractivity contribution in [2.24, 2.45) is 0 Å². The Hall–Kier alpha value is -3.64. The highest BCUT2D eigenvalue weighted by Gasteiger charge is 2.36. The van der Waals surface area contributed by atoms with Crippen LogP contribution in [0.15, 0.2) is 95.9 Å². The molecule has 1 atom stereocenters. The Morgan fingerprint density at radius 2 is 1.67 bits per heavy atom. The topological polar surface area (TPSA) is 63.7 Å². The number of carbonyl (C=O) groups is 1. The lowest BCUT2D eigenvalue weighted by atomic mass is 10.1. The second-order valence-electron chi connectivity index (χ2n) is 8.22. The van der Waals surface area contributed by atoms with Crippen LogP contribution >= 0.6 is 0 Å². The van der Waals surface area contributed by atoms with Gasteiger partial charge in [-0.25, -0.2) is 13.2 Å². The molecule has 0 radical (unpaired) electrons. The maximum absolute atomic E-state index is 13.5. The summed E-state index contributed by atoms with van der Waals surface area (Å²) in [4.78, 5) is 12.9. The number of carbonyl (C=O) groups excluding carboxylic acids is 1. The van der Waals surface area contributed by atoms with E-state index < -0.39 is 16.0 Å². The average molecular weight is 458 g/mol. The van der Waals surface area contributed by atoms with Gasteiger partial charge in [0.05, 0.1) is 16.1 Å². The molecule has 0 amide bonds. The molecule has 0 N–H and O–H groups in total. The Morgan fingerprint density at radius 3 is 2.55 bits per heavy atom. The van der Waals surface area contributed by atoms with Crippen molar-refractivity contribution in [3.05, 3.63) is 108 Å². The summed E-state index contributed by atoms with van der Waals surface area (Å²) in [5.41, 5.74) is 2.79. The number of para-hydroxylation sites is 1. The molecule has 1 aliphatic heterocycles. The lowest BCUT2D eigenvalue weighted by Gasteiger charge is -2.24. The predicted molar refractivity (Wildman–Crippen MR) is 129 cm³/mol. The molecule has 0 bridgehead atoms. The van der Waals surface area contributed by atoms with Gasteiger partial charge in [0.25, 0.3) is 10.0 Å². The minimum absolute atomic E-state index is 0.0747. The molecule has 0 fully saturated rings. The molecular weight excluding hydrogens is 434 g/mol. The van der Waals surface area contributed by atoms with Gasteiger partial charge in [-0.3, -0.25) is 4.31 Å². The highest BCUT2D eigenvalue weighted by molar-refractivity contribution is 7.92. The van der Waals surface area contributed by atoms with Crippen molar-refractivity contribution in [2.45, 2.75) is 30.9 Å². The average Bonchev–Trinajstić information content (AvgIpc) is 3.19. The van der Waals surface area contributed by atoms with Crippen molar-refractivity contribution >= 4 is 32.5 Å². The summed E-state index contributed by atoms with van der Waals surface area (Å²) in [6.07, 6.45) is 0.655. The highest BCUT2D eigenvalue weighted by Crippen LogP contribution is 2.36. The fourth-order valence-corrected chi connectivity index (χ4v) is 6.18. The summed E-state index contributed by atoms with van der Waals surface area (Å²) in [6.45, 7) is 1.99. The molecule has 5 nitrogen and oxygen atoms in total. The van der Waals surface area contributed by atoms with Crippen molar-refractivity contribution in [2.75, 3.05) is 4.31 Å². The van der Waals surface area contributed by atoms with Crippen LogP contribution in [0.3, 0.4) is 0 Å². The Labute approximate surface area is 193 Å². The fraction of sp³-hybridized carbons (Fsp3) is 0.148. The molecule has 1 heterocycles. The molecule has 5 rings (SSSR count). The van der Waals surface area contributed by atoms with Gasteiger partial charge in [0, 0.05) is 6.04 Å². The van der Waals surface area contributed by atoms with Crippen LogP contribution in [-0.2, 0) is 27.8 Å². The van der Waals surface area contributed by atoms with E-state index in [0.29, 0.717) is 12.1 Å². The van der Waals surface area contributed by atoms with Gasteiger partial charge in [-0.2, -0.15) is 0 Å². The fourth-order valence-electron chi connectivity index (χ4n) is 4.45. The first-order valence-electron chi connectivity index (χ1n) is 10.8. The van der Waals surface area contributed by atoms with Crippen LogP contribution < -0.4 is 4.31 Å². The third-order valence-electron chi connectivity index (χ3n) is 6.01. The molecule has 166 valence electrons. The molecular formula is C27H23NO4S. The molecule has 33 heavy (non-hydrogen) atoms. The van der Waals surface area contributed by atoms with E-state index in [1.165, 1.54) is 16.4 Å². The summed E-state index contributed by atoms with van der Waals surface area (Å²) in [7, 11) is -3.83. The van der Waals surface area contributed by atoms with Gasteiger partial charge in [-0.05, 0) is 59.5 Å². The van der Waals surface area contributed by atoms with Crippen LogP contribution in [0.2, 0.25) is 0 Å². The zero-order valence-corrected chi connectivity index (χ0v) is 19.0. The van der Waals surface area contributed by atoms with Gasteiger partial charge >= 0.3 is 5.97 Å². The quantitative estimate of drug-likeness (QED) is 0.380. The molecule has 0 saturated carbocycles. The molecule has 4 aromatic carbocycles. The minimum atomic E-state index is -3.83. The van der Waals surface area contributed by atoms with E-state index in [-0.39, 0.29) is 23.1 Å². The molecule has 4 aromatic rings. The standard InChI is InChI=1S/C27H23NO4S/c1-19-16-21-9-3-5-15-26(21)28(19)33(30,31)24-13-7-11-22(17-24)27(29)32-18-23-12-6-10-20-8-2-4-14-25(20)23/h2-15,17,19H,16,18H2,1H3. The number of esters is 1. The van der Waals surface area contributed by atoms with Gasteiger partial charge in [-0.1, -0.05) is 66.7 Å². The van der Waals surface area contributed by atoms with Crippen molar-refractivity contribution in [1.29, 1.82) is 0 Å². The number of ether oxygens (including phenoxy) is 1. The molecule has 1 unspecified atom stereocenters. The highest BCUT2D eigenvalue weighted by atomic mass is 32.2. The summed E-state index contributed by atoms with van der Waals surface area (Å²) in [5, 5.41) is 2.09. The van der Waals surface area contributed by atoms with E-state index >= 15 is 0 Å². The Kier molecular flexibility index (Phi) is 5.38. The summed E-state index contributed by atoms with van der Waals surface area (Å²) in [6, 6.07) is 27.1. The van der Waals surface area contributed by atoms with Gasteiger partial charge in [0.2, 0.25) is 0 Å². The SMILES string of the molecule is CC1Cc2ccccc2N1S(=O)(=O)c1cccc(C(=O)OCc2cccc3ccccc23)c1. The first-order valence-corrected chi connectivity index (χ1v) is 12.3. The lowest BCUT2D eigenvalue weighted by molar-refractivity contribution is 0.0474. The van der Waals surface area contributed by atoms with Crippen LogP contribution in [0.4, 0.5) is 5.69 Å². The van der Waals surface area contributed by atoms with Gasteiger partial charge in [0.15, 0.2) is 0 Å². The number of nitrogens with zero attached hydrogens (tertiary/aromatic N) is 1. The normalized spacial score (nSPS) is 15.4. The zero-order valence-electron chi connectivity index (χ0n) is 18.1. The second-order valence-corrected chi connectivity index (χ2v) is 10.0. The van der Waals surface area contributed by atoms with E-state index in [1.807, 2.05) is 73.7 Å². The van der Waals surface area contributed by atoms with E-state index in [4.69, 9.17) is 4.74 Å². The van der Waals surface area contributed by atoms with Crippen molar-refractivity contribution in [3.8, 4) is 0 Å². The molecule has 1 aliphatic rings. The predicted octanol–water partition coefficient (Wildman–Crippen LogP) is 5.34. The molecule has 0 aliphatic carbocycles. The number of rotatable bonds is 5. The van der Waals surface area contributed by atoms with Crippen LogP contribution in [-0.4, -0.2) is 20.4 Å². The van der Waals surface area contributed by atoms with Crippen LogP contribution in [0.25, 0.3) is 10.8 Å². The molecule has 0 saturated heterocycles. The zero-order chi connectivity index (χ0) is 23.0. The van der Waals surface area contributed by atoms with Gasteiger partial charge in [-0.15, -0.1) is 0 Å². The summed E-state index contributed by atoms with van der Waals surface area (Å²) in [5.74, 6) is -0.560. The van der Waals surface area contributed by atoms with Gasteiger partial charge < -0.3 is 4.74 Å². The first-order chi connectivity index (χ1) is 15.9. The largest absolute Gasteiger partial charge is 0.457 e. The van der Waals surface area contributed by atoms with E-state index in [9.17, 15) is 13.2 Å². The van der Waals surface area contributed by atoms with Crippen LogP contribution in [0, 0.1) is 0 Å². The first kappa shape index (κ1) is 21.2. The van der Waals surface area contributed by atoms with E-state index in [1.54, 1.807) is 12.1 Å². The van der Waals surface area contributed by atoms with Crippen molar-refractivity contribution in [3.63, 3.8) is 0 Å². The molecule has 0 spiro atoms. The number of hydrogen-bond acceptors (Lipinski definition) is 4. The monoisotopic (exact) mass is 457 g/mol. The lowest BCUT2D eigenvalue weighted by Crippen LogP contribution is -2.35. The number of fused-ring (bicyclic) bond motifs is 2. The molecule has 0 aromatic heterocycles. The maximum Gasteiger partial charge on any atom is 0.338 e. The van der Waals surface area contributed by atoms with E-state index in [0.717, 1.165) is 21.9 Å². The van der Waals surface area contributed by atoms with Crippen LogP contribution in [0.5, 0.6) is 0 Å². The summed E-state index contributed by atoms with van der Waals surface area (Å²) >= 11 is 0. The number of sulfonamides is 1. The number of benzene rings is 4. The maximum atomic E-state index is 13.5. The Morgan fingerprint density at radius 1 is 0.939 bits per heavy atom. The minimum Gasteiger partial charge on any atom is -0.457 e. The van der Waals surface area contributed by atoms with Gasteiger partial charge in [0.1, 0.15) is 6.61 Å². The third kappa shape index (κ3) is 3.87. The Balaban J connectivity index is 1.39. The number of hydrogen-bond donors (Lipinski definition) is 0. The number of anilines is 1. The summed E-state index contributed by atoms with van der Waals surface area (Å²) < 4.78 is 34.0. The second kappa shape index (κ2) is 8.37. The molecule has 6 heteroatoms. The smallest absolute Gasteiger partial charge is 0.338 e. The van der Waals surface area contributed by atoms with E-state index in [2.05, 4.69) is 0 Å². The third-order valence-corrected chi connectivity index (χ3v) is 7.93.